The minimum Gasteiger partial charge on any atom is -0.490 e. The van der Waals surface area contributed by atoms with Crippen LogP contribution in [0.3, 0.4) is 0 Å². The van der Waals surface area contributed by atoms with Gasteiger partial charge in [0.1, 0.15) is 0 Å². The number of carboxylic acids is 1. The van der Waals surface area contributed by atoms with Crippen LogP contribution in [0.5, 0.6) is 11.5 Å². The quantitative estimate of drug-likeness (QED) is 0.379. The maximum atomic E-state index is 11.0. The van der Waals surface area contributed by atoms with Gasteiger partial charge in [-0.25, -0.2) is 4.79 Å². The molecule has 2 rings (SSSR count). The van der Waals surface area contributed by atoms with E-state index in [-0.39, 0.29) is 5.56 Å². The summed E-state index contributed by atoms with van der Waals surface area (Å²) in [6.45, 7) is 8.61. The molecule has 2 aromatic rings. The predicted molar refractivity (Wildman–Crippen MR) is 110 cm³/mol. The lowest BCUT2D eigenvalue weighted by Crippen LogP contribution is -2.02. The van der Waals surface area contributed by atoms with Crippen molar-refractivity contribution in [3.8, 4) is 17.6 Å². The van der Waals surface area contributed by atoms with E-state index in [0.717, 1.165) is 11.1 Å². The summed E-state index contributed by atoms with van der Waals surface area (Å²) in [7, 11) is 0. The maximum absolute atomic E-state index is 11.0. The van der Waals surface area contributed by atoms with E-state index in [1.165, 1.54) is 12.1 Å². The zero-order valence-corrected chi connectivity index (χ0v) is 16.1. The van der Waals surface area contributed by atoms with Crippen molar-refractivity contribution in [2.75, 3.05) is 13.2 Å². The number of benzene rings is 2. The van der Waals surface area contributed by atoms with Crippen LogP contribution < -0.4 is 9.47 Å². The number of rotatable bonds is 9. The summed E-state index contributed by atoms with van der Waals surface area (Å²) in [6, 6.07) is 12.2. The van der Waals surface area contributed by atoms with Crippen molar-refractivity contribution in [2.45, 2.75) is 20.3 Å². The van der Waals surface area contributed by atoms with Gasteiger partial charge in [-0.1, -0.05) is 18.2 Å². The van der Waals surface area contributed by atoms with Crippen LogP contribution in [0.15, 0.2) is 49.1 Å². The van der Waals surface area contributed by atoms with Gasteiger partial charge >= 0.3 is 5.97 Å². The van der Waals surface area contributed by atoms with Gasteiger partial charge in [-0.3, -0.25) is 0 Å². The Morgan fingerprint density at radius 1 is 1.14 bits per heavy atom. The molecule has 0 aromatic heterocycles. The fourth-order valence-electron chi connectivity index (χ4n) is 2.78. The molecule has 0 aliphatic rings. The summed E-state index contributed by atoms with van der Waals surface area (Å²) in [6.07, 6.45) is 4.14. The van der Waals surface area contributed by atoms with Crippen molar-refractivity contribution in [1.29, 1.82) is 5.26 Å². The minimum absolute atomic E-state index is 0.175. The largest absolute Gasteiger partial charge is 0.490 e. The second kappa shape index (κ2) is 9.98. The third-order valence-electron chi connectivity index (χ3n) is 3.98. The van der Waals surface area contributed by atoms with Crippen molar-refractivity contribution in [1.82, 2.24) is 0 Å². The van der Waals surface area contributed by atoms with Gasteiger partial charge in [-0.05, 0) is 61.7 Å². The highest BCUT2D eigenvalue weighted by molar-refractivity contribution is 5.92. The van der Waals surface area contributed by atoms with Crippen molar-refractivity contribution in [3.05, 3.63) is 71.3 Å². The van der Waals surface area contributed by atoms with Crippen LogP contribution >= 0.6 is 0 Å². The molecule has 0 bridgehead atoms. The van der Waals surface area contributed by atoms with Gasteiger partial charge in [0, 0.05) is 5.56 Å². The lowest BCUT2D eigenvalue weighted by Gasteiger charge is -2.16. The van der Waals surface area contributed by atoms with E-state index in [1.54, 1.807) is 24.3 Å². The molecule has 0 fully saturated rings. The minimum atomic E-state index is -1.00. The third kappa shape index (κ3) is 5.01. The fourth-order valence-corrected chi connectivity index (χ4v) is 2.78. The molecule has 0 heterocycles. The van der Waals surface area contributed by atoms with Crippen LogP contribution in [0.4, 0.5) is 0 Å². The van der Waals surface area contributed by atoms with E-state index in [9.17, 15) is 10.1 Å². The Morgan fingerprint density at radius 3 is 2.32 bits per heavy atom. The average molecular weight is 377 g/mol. The van der Waals surface area contributed by atoms with Gasteiger partial charge in [0.25, 0.3) is 0 Å². The molecule has 1 N–H and O–H groups in total. The number of ether oxygens (including phenoxy) is 2. The number of hydrogen-bond donors (Lipinski definition) is 1. The van der Waals surface area contributed by atoms with Crippen LogP contribution in [0, 0.1) is 11.3 Å². The first-order valence-corrected chi connectivity index (χ1v) is 9.02. The first-order chi connectivity index (χ1) is 13.5. The Bertz CT molecular complexity index is 921. The molecule has 0 radical (unpaired) electrons. The molecule has 0 saturated heterocycles. The smallest absolute Gasteiger partial charge is 0.335 e. The monoisotopic (exact) mass is 377 g/mol. The Balaban J connectivity index is 2.52. The molecule has 0 saturated carbocycles. The van der Waals surface area contributed by atoms with E-state index in [0.29, 0.717) is 42.3 Å². The first-order valence-electron chi connectivity index (χ1n) is 9.02. The summed E-state index contributed by atoms with van der Waals surface area (Å²) in [5.41, 5.74) is 2.96. The standard InChI is InChI=1S/C23H23NO4/c1-4-7-19-12-16(14-21(27-5-2)22(19)28-6-3)13-20(15-24)17-8-10-18(11-9-17)23(25)26/h4,8-14H,1,5-7H2,2-3H3,(H,25,26)/b20-13-. The lowest BCUT2D eigenvalue weighted by molar-refractivity contribution is 0.0697. The molecule has 144 valence electrons. The molecule has 0 atom stereocenters. The highest BCUT2D eigenvalue weighted by atomic mass is 16.5. The van der Waals surface area contributed by atoms with Gasteiger partial charge in [-0.15, -0.1) is 6.58 Å². The molecule has 0 spiro atoms. The molecule has 5 nitrogen and oxygen atoms in total. The normalized spacial score (nSPS) is 10.8. The summed E-state index contributed by atoms with van der Waals surface area (Å²) in [5, 5.41) is 18.6. The van der Waals surface area contributed by atoms with Gasteiger partial charge in [-0.2, -0.15) is 5.26 Å². The number of nitrogens with zero attached hydrogens (tertiary/aromatic N) is 1. The number of allylic oxidation sites excluding steroid dienone is 2. The summed E-state index contributed by atoms with van der Waals surface area (Å²) < 4.78 is 11.5. The SMILES string of the molecule is C=CCc1cc(/C=C(/C#N)c2ccc(C(=O)O)cc2)cc(OCC)c1OCC. The Kier molecular flexibility index (Phi) is 7.41. The van der Waals surface area contributed by atoms with Gasteiger partial charge in [0.15, 0.2) is 11.5 Å². The maximum Gasteiger partial charge on any atom is 0.335 e. The van der Waals surface area contributed by atoms with Gasteiger partial charge < -0.3 is 14.6 Å². The van der Waals surface area contributed by atoms with Crippen molar-refractivity contribution in [2.24, 2.45) is 0 Å². The molecule has 28 heavy (non-hydrogen) atoms. The molecule has 0 aliphatic heterocycles. The number of aromatic carboxylic acids is 1. The van der Waals surface area contributed by atoms with E-state index in [2.05, 4.69) is 12.6 Å². The zero-order valence-electron chi connectivity index (χ0n) is 16.1. The molecular formula is C23H23NO4. The van der Waals surface area contributed by atoms with Crippen LogP contribution in [-0.2, 0) is 6.42 Å². The topological polar surface area (TPSA) is 79.6 Å². The van der Waals surface area contributed by atoms with Crippen molar-refractivity contribution in [3.63, 3.8) is 0 Å². The van der Waals surface area contributed by atoms with E-state index in [4.69, 9.17) is 14.6 Å². The van der Waals surface area contributed by atoms with Gasteiger partial charge in [0.05, 0.1) is 30.4 Å². The highest BCUT2D eigenvalue weighted by Gasteiger charge is 2.13. The van der Waals surface area contributed by atoms with Crippen LogP contribution in [0.25, 0.3) is 11.6 Å². The predicted octanol–water partition coefficient (Wildman–Crippen LogP) is 4.97. The number of nitriles is 1. The Labute approximate surface area is 165 Å². The third-order valence-corrected chi connectivity index (χ3v) is 3.98. The first kappa shape index (κ1) is 20.8. The molecule has 0 aliphatic carbocycles. The number of carboxylic acid groups (broad SMARTS) is 1. The summed E-state index contributed by atoms with van der Waals surface area (Å²) >= 11 is 0. The number of carbonyl (C=O) groups is 1. The Hall–Kier alpha value is -3.52. The molecule has 5 heteroatoms. The summed E-state index contributed by atoms with van der Waals surface area (Å²) in [4.78, 5) is 11.0. The lowest BCUT2D eigenvalue weighted by atomic mass is 10.00. The molecule has 2 aromatic carbocycles. The van der Waals surface area contributed by atoms with Crippen molar-refractivity contribution >= 4 is 17.6 Å². The van der Waals surface area contributed by atoms with Gasteiger partial charge in [0.2, 0.25) is 0 Å². The fraction of sp³-hybridized carbons (Fsp3) is 0.217. The highest BCUT2D eigenvalue weighted by Crippen LogP contribution is 2.35. The zero-order chi connectivity index (χ0) is 20.5. The molecule has 0 unspecified atom stereocenters. The number of hydrogen-bond acceptors (Lipinski definition) is 4. The van der Waals surface area contributed by atoms with E-state index >= 15 is 0 Å². The van der Waals surface area contributed by atoms with Crippen LogP contribution in [-0.4, -0.2) is 24.3 Å². The molecule has 0 amide bonds. The van der Waals surface area contributed by atoms with Crippen LogP contribution in [0.1, 0.15) is 40.9 Å². The second-order valence-electron chi connectivity index (χ2n) is 5.92. The van der Waals surface area contributed by atoms with Crippen molar-refractivity contribution < 1.29 is 19.4 Å². The average Bonchev–Trinajstić information content (AvgIpc) is 2.69. The molecular weight excluding hydrogens is 354 g/mol. The Morgan fingerprint density at radius 2 is 1.79 bits per heavy atom. The van der Waals surface area contributed by atoms with E-state index in [1.807, 2.05) is 26.0 Å². The summed E-state index contributed by atoms with van der Waals surface area (Å²) in [5.74, 6) is 0.301. The second-order valence-corrected chi connectivity index (χ2v) is 5.92. The van der Waals surface area contributed by atoms with E-state index < -0.39 is 5.97 Å². The van der Waals surface area contributed by atoms with Crippen LogP contribution in [0.2, 0.25) is 0 Å².